The topological polar surface area (TPSA) is 94.1 Å². The molecule has 0 saturated carbocycles. The number of anilines is 1. The SMILES string of the molecule is CC(C)NC(=O)Nc1ccc2c(c1)CC(=O)N([C@@H](C)CO)C[C@H](C)[C@@H](CN(C)Cc1ccccc1)O2. The Labute approximate surface area is 214 Å². The number of likely N-dealkylation sites (N-methyl/N-ethyl adjacent to an activating group) is 1. The van der Waals surface area contributed by atoms with E-state index in [1.165, 1.54) is 5.56 Å². The number of fused-ring (bicyclic) bond motifs is 1. The highest BCUT2D eigenvalue weighted by molar-refractivity contribution is 5.90. The predicted octanol–water partition coefficient (Wildman–Crippen LogP) is 3.50. The summed E-state index contributed by atoms with van der Waals surface area (Å²) in [5, 5.41) is 15.5. The fraction of sp³-hybridized carbons (Fsp3) is 0.500. The number of aliphatic hydroxyl groups is 1. The van der Waals surface area contributed by atoms with Crippen molar-refractivity contribution in [2.75, 3.05) is 32.1 Å². The lowest BCUT2D eigenvalue weighted by Gasteiger charge is -2.34. The van der Waals surface area contributed by atoms with Crippen molar-refractivity contribution in [1.29, 1.82) is 0 Å². The van der Waals surface area contributed by atoms with E-state index >= 15 is 0 Å². The van der Waals surface area contributed by atoms with E-state index in [1.807, 2.05) is 45.0 Å². The van der Waals surface area contributed by atoms with E-state index < -0.39 is 0 Å². The lowest BCUT2D eigenvalue weighted by molar-refractivity contribution is -0.134. The van der Waals surface area contributed by atoms with Gasteiger partial charge in [-0.25, -0.2) is 4.79 Å². The van der Waals surface area contributed by atoms with E-state index in [0.29, 0.717) is 30.1 Å². The molecule has 1 aliphatic rings. The second-order valence-electron chi connectivity index (χ2n) is 10.1. The first-order valence-corrected chi connectivity index (χ1v) is 12.7. The van der Waals surface area contributed by atoms with Crippen LogP contribution in [0.3, 0.4) is 0 Å². The minimum atomic E-state index is -0.303. The second-order valence-corrected chi connectivity index (χ2v) is 10.1. The van der Waals surface area contributed by atoms with Gasteiger partial charge in [0.15, 0.2) is 0 Å². The maximum Gasteiger partial charge on any atom is 0.319 e. The molecule has 196 valence electrons. The monoisotopic (exact) mass is 496 g/mol. The molecule has 0 radical (unpaired) electrons. The van der Waals surface area contributed by atoms with E-state index in [9.17, 15) is 14.7 Å². The molecule has 36 heavy (non-hydrogen) atoms. The third kappa shape index (κ3) is 7.70. The summed E-state index contributed by atoms with van der Waals surface area (Å²) in [5.41, 5.74) is 2.52. The van der Waals surface area contributed by atoms with Crippen LogP contribution in [0, 0.1) is 5.92 Å². The first-order valence-electron chi connectivity index (χ1n) is 12.7. The quantitative estimate of drug-likeness (QED) is 0.520. The molecule has 8 heteroatoms. The number of carbonyl (C=O) groups excluding carboxylic acids is 2. The minimum absolute atomic E-state index is 0.00594. The summed E-state index contributed by atoms with van der Waals surface area (Å²) in [5.74, 6) is 0.596. The molecule has 2 aromatic carbocycles. The van der Waals surface area contributed by atoms with Gasteiger partial charge in [-0.1, -0.05) is 37.3 Å². The Balaban J connectivity index is 1.87. The highest BCUT2D eigenvalue weighted by Gasteiger charge is 2.31. The first-order chi connectivity index (χ1) is 17.2. The molecular formula is C28H40N4O4. The number of hydrogen-bond donors (Lipinski definition) is 3. The first kappa shape index (κ1) is 27.5. The summed E-state index contributed by atoms with van der Waals surface area (Å²) in [6.45, 7) is 9.55. The van der Waals surface area contributed by atoms with Crippen LogP contribution in [0.4, 0.5) is 10.5 Å². The van der Waals surface area contributed by atoms with Crippen LogP contribution in [0.5, 0.6) is 5.75 Å². The summed E-state index contributed by atoms with van der Waals surface area (Å²) in [6, 6.07) is 15.1. The number of rotatable bonds is 8. The van der Waals surface area contributed by atoms with Crippen LogP contribution in [0.2, 0.25) is 0 Å². The molecule has 3 amide bonds. The van der Waals surface area contributed by atoms with E-state index in [0.717, 1.165) is 6.54 Å². The van der Waals surface area contributed by atoms with Gasteiger partial charge in [-0.15, -0.1) is 0 Å². The van der Waals surface area contributed by atoms with Gasteiger partial charge in [0.2, 0.25) is 5.91 Å². The molecule has 8 nitrogen and oxygen atoms in total. The van der Waals surface area contributed by atoms with Crippen molar-refractivity contribution in [1.82, 2.24) is 15.1 Å². The van der Waals surface area contributed by atoms with Gasteiger partial charge >= 0.3 is 6.03 Å². The second kappa shape index (κ2) is 12.7. The van der Waals surface area contributed by atoms with Crippen molar-refractivity contribution < 1.29 is 19.4 Å². The third-order valence-corrected chi connectivity index (χ3v) is 6.38. The Hall–Kier alpha value is -3.10. The minimum Gasteiger partial charge on any atom is -0.488 e. The number of ether oxygens (including phenoxy) is 1. The Morgan fingerprint density at radius 3 is 2.58 bits per heavy atom. The van der Waals surface area contributed by atoms with Crippen LogP contribution in [0.25, 0.3) is 0 Å². The molecule has 0 fully saturated rings. The maximum absolute atomic E-state index is 13.3. The number of urea groups is 1. The smallest absolute Gasteiger partial charge is 0.319 e. The van der Waals surface area contributed by atoms with Crippen molar-refractivity contribution in [3.8, 4) is 5.75 Å². The van der Waals surface area contributed by atoms with E-state index in [4.69, 9.17) is 4.74 Å². The van der Waals surface area contributed by atoms with Gasteiger partial charge in [0.25, 0.3) is 0 Å². The van der Waals surface area contributed by atoms with Crippen LogP contribution in [0.1, 0.15) is 38.8 Å². The molecule has 0 spiro atoms. The average Bonchev–Trinajstić information content (AvgIpc) is 2.86. The summed E-state index contributed by atoms with van der Waals surface area (Å²) in [4.78, 5) is 29.5. The Bertz CT molecular complexity index is 1010. The van der Waals surface area contributed by atoms with Gasteiger partial charge < -0.3 is 25.4 Å². The largest absolute Gasteiger partial charge is 0.488 e. The number of nitrogens with one attached hydrogen (secondary N) is 2. The van der Waals surface area contributed by atoms with Gasteiger partial charge in [0, 0.05) is 42.8 Å². The standard InChI is InChI=1S/C28H40N4O4/c1-19(2)29-28(35)30-24-11-12-25-23(13-24)14-27(34)32(21(4)18-33)15-20(3)26(36-25)17-31(5)16-22-9-7-6-8-10-22/h6-13,19-21,26,33H,14-18H2,1-5H3,(H2,29,30,35)/t20-,21-,26+/m0/s1. The van der Waals surface area contributed by atoms with Crippen molar-refractivity contribution in [3.63, 3.8) is 0 Å². The summed E-state index contributed by atoms with van der Waals surface area (Å²) in [6.07, 6.45) is -0.0555. The number of amides is 3. The van der Waals surface area contributed by atoms with Crippen LogP contribution in [-0.4, -0.2) is 71.8 Å². The number of benzene rings is 2. The fourth-order valence-corrected chi connectivity index (χ4v) is 4.42. The number of nitrogens with zero attached hydrogens (tertiary/aromatic N) is 2. The zero-order chi connectivity index (χ0) is 26.2. The van der Waals surface area contributed by atoms with Gasteiger partial charge in [-0.2, -0.15) is 0 Å². The molecule has 1 heterocycles. The molecule has 1 aliphatic heterocycles. The van der Waals surface area contributed by atoms with E-state index in [1.54, 1.807) is 17.0 Å². The van der Waals surface area contributed by atoms with Gasteiger partial charge in [0.05, 0.1) is 19.1 Å². The van der Waals surface area contributed by atoms with Gasteiger partial charge in [-0.3, -0.25) is 9.69 Å². The molecular weight excluding hydrogens is 456 g/mol. The number of aliphatic hydroxyl groups excluding tert-OH is 1. The summed E-state index contributed by atoms with van der Waals surface area (Å²) < 4.78 is 6.56. The molecule has 0 unspecified atom stereocenters. The van der Waals surface area contributed by atoms with Crippen LogP contribution < -0.4 is 15.4 Å². The number of carbonyl (C=O) groups is 2. The van der Waals surface area contributed by atoms with Crippen molar-refractivity contribution in [3.05, 3.63) is 59.7 Å². The third-order valence-electron chi connectivity index (χ3n) is 6.38. The van der Waals surface area contributed by atoms with Crippen LogP contribution in [0.15, 0.2) is 48.5 Å². The fourth-order valence-electron chi connectivity index (χ4n) is 4.42. The molecule has 0 aliphatic carbocycles. The van der Waals surface area contributed by atoms with Gasteiger partial charge in [0.1, 0.15) is 11.9 Å². The Kier molecular flexibility index (Phi) is 9.73. The number of hydrogen-bond acceptors (Lipinski definition) is 5. The molecule has 2 aromatic rings. The van der Waals surface area contributed by atoms with Crippen LogP contribution in [-0.2, 0) is 17.8 Å². The Morgan fingerprint density at radius 2 is 1.92 bits per heavy atom. The molecule has 0 aromatic heterocycles. The average molecular weight is 497 g/mol. The molecule has 0 bridgehead atoms. The predicted molar refractivity (Wildman–Crippen MR) is 142 cm³/mol. The Morgan fingerprint density at radius 1 is 1.19 bits per heavy atom. The normalized spacial score (nSPS) is 19.1. The zero-order valence-electron chi connectivity index (χ0n) is 22.0. The zero-order valence-corrected chi connectivity index (χ0v) is 22.0. The molecule has 3 rings (SSSR count). The van der Waals surface area contributed by atoms with E-state index in [-0.39, 0.29) is 49.1 Å². The van der Waals surface area contributed by atoms with Crippen LogP contribution >= 0.6 is 0 Å². The molecule has 3 N–H and O–H groups in total. The highest BCUT2D eigenvalue weighted by Crippen LogP contribution is 2.29. The van der Waals surface area contributed by atoms with Crippen molar-refractivity contribution in [2.45, 2.75) is 58.8 Å². The lowest BCUT2D eigenvalue weighted by atomic mass is 10.0. The van der Waals surface area contributed by atoms with E-state index in [2.05, 4.69) is 41.6 Å². The lowest BCUT2D eigenvalue weighted by Crippen LogP contribution is -2.47. The summed E-state index contributed by atoms with van der Waals surface area (Å²) >= 11 is 0. The summed E-state index contributed by atoms with van der Waals surface area (Å²) in [7, 11) is 2.07. The van der Waals surface area contributed by atoms with Crippen molar-refractivity contribution in [2.24, 2.45) is 5.92 Å². The van der Waals surface area contributed by atoms with Gasteiger partial charge in [-0.05, 0) is 51.6 Å². The van der Waals surface area contributed by atoms with Crippen molar-refractivity contribution >= 4 is 17.6 Å². The maximum atomic E-state index is 13.3. The highest BCUT2D eigenvalue weighted by atomic mass is 16.5. The molecule has 0 saturated heterocycles. The molecule has 3 atom stereocenters.